The number of thiophene rings is 1. The molecular weight excluding hydrogens is 290 g/mol. The fourth-order valence-electron chi connectivity index (χ4n) is 1.34. The fourth-order valence-corrected chi connectivity index (χ4v) is 3.55. The second-order valence-corrected chi connectivity index (χ2v) is 6.44. The van der Waals surface area contributed by atoms with Crippen LogP contribution in [0.4, 0.5) is 5.69 Å². The maximum Gasteiger partial charge on any atom is 0.336 e. The molecule has 1 aromatic heterocycles. The van der Waals surface area contributed by atoms with Crippen LogP contribution in [0.2, 0.25) is 0 Å². The zero-order valence-corrected chi connectivity index (χ0v) is 11.0. The molecule has 0 atom stereocenters. The lowest BCUT2D eigenvalue weighted by molar-refractivity contribution is 0.0697. The van der Waals surface area contributed by atoms with Crippen molar-refractivity contribution in [1.29, 1.82) is 0 Å². The zero-order chi connectivity index (χ0) is 14.0. The first kappa shape index (κ1) is 13.4. The van der Waals surface area contributed by atoms with Gasteiger partial charge in [-0.1, -0.05) is 6.07 Å². The third-order valence-electron chi connectivity index (χ3n) is 2.19. The molecular formula is C11H9NO5S2. The molecule has 0 aliphatic carbocycles. The number of aromatic hydroxyl groups is 1. The predicted molar refractivity (Wildman–Crippen MR) is 70.2 cm³/mol. The molecule has 100 valence electrons. The smallest absolute Gasteiger partial charge is 0.336 e. The average molecular weight is 299 g/mol. The van der Waals surface area contributed by atoms with Gasteiger partial charge in [-0.25, -0.2) is 13.2 Å². The third kappa shape index (κ3) is 3.04. The highest BCUT2D eigenvalue weighted by molar-refractivity contribution is 7.94. The van der Waals surface area contributed by atoms with Gasteiger partial charge in [-0.3, -0.25) is 4.72 Å². The van der Waals surface area contributed by atoms with Crippen molar-refractivity contribution in [2.75, 3.05) is 4.72 Å². The Hall–Kier alpha value is -2.06. The van der Waals surface area contributed by atoms with Crippen LogP contribution < -0.4 is 4.72 Å². The maximum atomic E-state index is 12.0. The van der Waals surface area contributed by atoms with Gasteiger partial charge in [-0.05, 0) is 18.2 Å². The highest BCUT2D eigenvalue weighted by Gasteiger charge is 2.19. The molecule has 0 aliphatic heterocycles. The van der Waals surface area contributed by atoms with Crippen LogP contribution in [0.25, 0.3) is 0 Å². The lowest BCUT2D eigenvalue weighted by Gasteiger charge is -2.06. The SMILES string of the molecule is O=C(O)c1csc(S(=O)(=O)Nc2cccc(O)c2)c1. The van der Waals surface area contributed by atoms with Crippen LogP contribution in [0.1, 0.15) is 10.4 Å². The number of carboxylic acids is 1. The van der Waals surface area contributed by atoms with Crippen molar-refractivity contribution in [3.8, 4) is 5.75 Å². The Morgan fingerprint density at radius 2 is 2.00 bits per heavy atom. The average Bonchev–Trinajstić information content (AvgIpc) is 2.78. The van der Waals surface area contributed by atoms with Gasteiger partial charge >= 0.3 is 5.97 Å². The molecule has 2 rings (SSSR count). The van der Waals surface area contributed by atoms with Crippen LogP contribution in [0.3, 0.4) is 0 Å². The zero-order valence-electron chi connectivity index (χ0n) is 9.40. The number of phenolic OH excluding ortho intramolecular Hbond substituents is 1. The van der Waals surface area contributed by atoms with E-state index in [9.17, 15) is 18.3 Å². The van der Waals surface area contributed by atoms with E-state index in [4.69, 9.17) is 5.11 Å². The molecule has 8 heteroatoms. The van der Waals surface area contributed by atoms with Crippen molar-refractivity contribution in [1.82, 2.24) is 0 Å². The van der Waals surface area contributed by atoms with Crippen LogP contribution in [-0.4, -0.2) is 24.6 Å². The molecule has 1 aromatic carbocycles. The molecule has 0 fully saturated rings. The minimum Gasteiger partial charge on any atom is -0.508 e. The largest absolute Gasteiger partial charge is 0.508 e. The van der Waals surface area contributed by atoms with Crippen molar-refractivity contribution >= 4 is 33.0 Å². The lowest BCUT2D eigenvalue weighted by Crippen LogP contribution is -2.11. The van der Waals surface area contributed by atoms with Crippen molar-refractivity contribution in [3.63, 3.8) is 0 Å². The number of sulfonamides is 1. The predicted octanol–water partition coefficient (Wildman–Crippen LogP) is 1.95. The first-order valence-electron chi connectivity index (χ1n) is 5.02. The number of benzene rings is 1. The van der Waals surface area contributed by atoms with Gasteiger partial charge in [0.05, 0.1) is 11.3 Å². The monoisotopic (exact) mass is 299 g/mol. The second-order valence-electron chi connectivity index (χ2n) is 3.62. The summed E-state index contributed by atoms with van der Waals surface area (Å²) in [5.41, 5.74) is 0.117. The summed E-state index contributed by atoms with van der Waals surface area (Å²) in [4.78, 5) is 10.7. The Labute approximate surface area is 113 Å². The number of carbonyl (C=O) groups is 1. The normalized spacial score (nSPS) is 11.2. The summed E-state index contributed by atoms with van der Waals surface area (Å²) in [6, 6.07) is 6.71. The molecule has 0 unspecified atom stereocenters. The van der Waals surface area contributed by atoms with E-state index in [1.807, 2.05) is 0 Å². The molecule has 0 saturated heterocycles. The minimum absolute atomic E-state index is 0.0717. The van der Waals surface area contributed by atoms with Crippen LogP contribution in [0.15, 0.2) is 39.9 Å². The third-order valence-corrected chi connectivity index (χ3v) is 5.01. The lowest BCUT2D eigenvalue weighted by atomic mass is 10.3. The number of phenols is 1. The number of anilines is 1. The molecule has 0 aliphatic rings. The van der Waals surface area contributed by atoms with Crippen LogP contribution in [0, 0.1) is 0 Å². The maximum absolute atomic E-state index is 12.0. The molecule has 1 heterocycles. The topological polar surface area (TPSA) is 104 Å². The Morgan fingerprint density at radius 1 is 1.26 bits per heavy atom. The number of nitrogens with one attached hydrogen (secondary N) is 1. The van der Waals surface area contributed by atoms with Gasteiger partial charge in [-0.15, -0.1) is 11.3 Å². The molecule has 0 spiro atoms. The van der Waals surface area contributed by atoms with Gasteiger partial charge in [-0.2, -0.15) is 0 Å². The first-order valence-corrected chi connectivity index (χ1v) is 7.38. The summed E-state index contributed by atoms with van der Waals surface area (Å²) in [5.74, 6) is -1.26. The van der Waals surface area contributed by atoms with E-state index in [0.29, 0.717) is 0 Å². The summed E-state index contributed by atoms with van der Waals surface area (Å²) in [7, 11) is -3.85. The molecule has 6 nitrogen and oxygen atoms in total. The van der Waals surface area contributed by atoms with Gasteiger partial charge in [0.2, 0.25) is 0 Å². The van der Waals surface area contributed by atoms with Gasteiger partial charge in [0.15, 0.2) is 0 Å². The number of hydrogen-bond acceptors (Lipinski definition) is 5. The Balaban J connectivity index is 2.29. The summed E-state index contributed by atoms with van der Waals surface area (Å²) < 4.78 is 26.1. The molecule has 3 N–H and O–H groups in total. The molecule has 0 amide bonds. The molecule has 2 aromatic rings. The summed E-state index contributed by atoms with van der Waals surface area (Å²) in [6.07, 6.45) is 0. The number of hydrogen-bond donors (Lipinski definition) is 3. The minimum atomic E-state index is -3.85. The summed E-state index contributed by atoms with van der Waals surface area (Å²) in [5, 5.41) is 19.2. The summed E-state index contributed by atoms with van der Waals surface area (Å²) in [6.45, 7) is 0. The van der Waals surface area contributed by atoms with Crippen LogP contribution in [0.5, 0.6) is 5.75 Å². The second kappa shape index (κ2) is 4.90. The quantitative estimate of drug-likeness (QED) is 0.800. The van der Waals surface area contributed by atoms with E-state index in [-0.39, 0.29) is 21.2 Å². The van der Waals surface area contributed by atoms with E-state index in [1.54, 1.807) is 0 Å². The standard InChI is InChI=1S/C11H9NO5S2/c13-9-3-1-2-8(5-9)12-19(16,17)10-4-7(6-18-10)11(14)15/h1-6,12-13H,(H,14,15). The van der Waals surface area contributed by atoms with Gasteiger partial charge in [0, 0.05) is 11.4 Å². The van der Waals surface area contributed by atoms with Gasteiger partial charge in [0.1, 0.15) is 9.96 Å². The Bertz CT molecular complexity index is 720. The van der Waals surface area contributed by atoms with Crippen molar-refractivity contribution < 1.29 is 23.4 Å². The number of rotatable bonds is 4. The molecule has 0 radical (unpaired) electrons. The van der Waals surface area contributed by atoms with Gasteiger partial charge < -0.3 is 10.2 Å². The van der Waals surface area contributed by atoms with E-state index >= 15 is 0 Å². The molecule has 19 heavy (non-hydrogen) atoms. The molecule has 0 bridgehead atoms. The van der Waals surface area contributed by atoms with E-state index < -0.39 is 16.0 Å². The molecule has 0 saturated carbocycles. The van der Waals surface area contributed by atoms with E-state index in [1.165, 1.54) is 29.6 Å². The fraction of sp³-hybridized carbons (Fsp3) is 0. The van der Waals surface area contributed by atoms with Crippen LogP contribution >= 0.6 is 11.3 Å². The Morgan fingerprint density at radius 3 is 2.58 bits per heavy atom. The van der Waals surface area contributed by atoms with E-state index in [2.05, 4.69) is 4.72 Å². The van der Waals surface area contributed by atoms with E-state index in [0.717, 1.165) is 17.4 Å². The van der Waals surface area contributed by atoms with Crippen molar-refractivity contribution in [2.24, 2.45) is 0 Å². The summed E-state index contributed by atoms with van der Waals surface area (Å²) >= 11 is 0.814. The highest BCUT2D eigenvalue weighted by atomic mass is 32.2. The number of aromatic carboxylic acids is 1. The Kier molecular flexibility index (Phi) is 3.45. The van der Waals surface area contributed by atoms with Crippen LogP contribution in [-0.2, 0) is 10.0 Å². The highest BCUT2D eigenvalue weighted by Crippen LogP contribution is 2.24. The van der Waals surface area contributed by atoms with Gasteiger partial charge in [0.25, 0.3) is 10.0 Å². The van der Waals surface area contributed by atoms with Crippen molar-refractivity contribution in [3.05, 3.63) is 41.3 Å². The number of carboxylic acid groups (broad SMARTS) is 1. The van der Waals surface area contributed by atoms with Crippen molar-refractivity contribution in [2.45, 2.75) is 4.21 Å². The first-order chi connectivity index (χ1) is 8.88.